The van der Waals surface area contributed by atoms with Crippen LogP contribution in [0.1, 0.15) is 39.2 Å². The smallest absolute Gasteiger partial charge is 0.415 e. The van der Waals surface area contributed by atoms with E-state index in [0.717, 1.165) is 5.56 Å². The summed E-state index contributed by atoms with van der Waals surface area (Å²) in [6.45, 7) is 5.30. The van der Waals surface area contributed by atoms with Gasteiger partial charge in [0.25, 0.3) is 0 Å². The molecule has 1 aliphatic heterocycles. The Morgan fingerprint density at radius 1 is 1.15 bits per heavy atom. The van der Waals surface area contributed by atoms with Gasteiger partial charge >= 0.3 is 12.1 Å². The molecule has 2 aliphatic rings. The molecule has 2 atom stereocenters. The predicted octanol–water partition coefficient (Wildman–Crippen LogP) is 3.25. The van der Waals surface area contributed by atoms with Crippen LogP contribution in [0.25, 0.3) is 0 Å². The van der Waals surface area contributed by atoms with Crippen molar-refractivity contribution in [3.8, 4) is 0 Å². The fraction of sp³-hybridized carbons (Fsp3) is 0.476. The van der Waals surface area contributed by atoms with E-state index in [-0.39, 0.29) is 18.1 Å². The van der Waals surface area contributed by atoms with Gasteiger partial charge in [0.15, 0.2) is 5.78 Å². The summed E-state index contributed by atoms with van der Waals surface area (Å²) in [4.78, 5) is 39.2. The van der Waals surface area contributed by atoms with Gasteiger partial charge in [-0.05, 0) is 39.2 Å². The Kier molecular flexibility index (Phi) is 5.09. The Morgan fingerprint density at radius 3 is 2.41 bits per heavy atom. The second-order valence-electron chi connectivity index (χ2n) is 7.97. The van der Waals surface area contributed by atoms with E-state index in [9.17, 15) is 14.4 Å². The van der Waals surface area contributed by atoms with Crippen LogP contribution < -0.4 is 0 Å². The van der Waals surface area contributed by atoms with E-state index in [0.29, 0.717) is 24.1 Å². The van der Waals surface area contributed by atoms with Crippen LogP contribution in [0.3, 0.4) is 0 Å². The number of ketones is 1. The molecule has 144 valence electrons. The van der Waals surface area contributed by atoms with Crippen molar-refractivity contribution < 1.29 is 23.9 Å². The van der Waals surface area contributed by atoms with E-state index in [1.54, 1.807) is 20.8 Å². The summed E-state index contributed by atoms with van der Waals surface area (Å²) in [5, 5.41) is 0. The summed E-state index contributed by atoms with van der Waals surface area (Å²) in [6.07, 6.45) is 0.606. The number of methoxy groups -OCH3 is 1. The number of likely N-dealkylation sites (tertiary alicyclic amines) is 1. The number of hydrogen-bond acceptors (Lipinski definition) is 5. The zero-order valence-electron chi connectivity index (χ0n) is 16.2. The van der Waals surface area contributed by atoms with Crippen molar-refractivity contribution in [1.29, 1.82) is 0 Å². The second kappa shape index (κ2) is 7.18. The van der Waals surface area contributed by atoms with Gasteiger partial charge in [0.05, 0.1) is 7.11 Å². The topological polar surface area (TPSA) is 72.9 Å². The minimum absolute atomic E-state index is 0.00816. The number of hydrogen-bond donors (Lipinski definition) is 0. The summed E-state index contributed by atoms with van der Waals surface area (Å²) in [6, 6.07) is 8.95. The lowest BCUT2D eigenvalue weighted by atomic mass is 9.93. The highest BCUT2D eigenvalue weighted by molar-refractivity contribution is 6.04. The molecular formula is C21H25NO5. The lowest BCUT2D eigenvalue weighted by molar-refractivity contribution is -0.145. The Labute approximate surface area is 159 Å². The first-order chi connectivity index (χ1) is 12.7. The molecule has 0 bridgehead atoms. The summed E-state index contributed by atoms with van der Waals surface area (Å²) in [5.74, 6) is -0.752. The highest BCUT2D eigenvalue weighted by Gasteiger charge is 2.49. The normalized spacial score (nSPS) is 22.1. The molecule has 0 saturated heterocycles. The highest BCUT2D eigenvalue weighted by Crippen LogP contribution is 2.42. The van der Waals surface area contributed by atoms with Crippen LogP contribution in [0.4, 0.5) is 4.79 Å². The van der Waals surface area contributed by atoms with Gasteiger partial charge in [0.2, 0.25) is 0 Å². The first-order valence-electron chi connectivity index (χ1n) is 9.11. The molecule has 3 rings (SSSR count). The van der Waals surface area contributed by atoms with E-state index < -0.39 is 23.7 Å². The van der Waals surface area contributed by atoms with Crippen molar-refractivity contribution in [3.63, 3.8) is 0 Å². The van der Waals surface area contributed by atoms with Gasteiger partial charge in [-0.2, -0.15) is 0 Å². The molecule has 6 heteroatoms. The Morgan fingerprint density at radius 2 is 1.81 bits per heavy atom. The standard InChI is InChI=1S/C21H25NO5/c1-21(2,3)27-20(25)22-16-11-14(10-13-8-6-5-7-9-13)18(23)15(16)12-17(22)19(24)26-4/h5-9,14,17H,10-12H2,1-4H3/t14-,17+/m1/s1. The number of carbonyl (C=O) groups excluding carboxylic acids is 3. The maximum absolute atomic E-state index is 12.9. The van der Waals surface area contributed by atoms with E-state index in [1.165, 1.54) is 12.0 Å². The van der Waals surface area contributed by atoms with Crippen molar-refractivity contribution in [2.75, 3.05) is 7.11 Å². The van der Waals surface area contributed by atoms with E-state index in [2.05, 4.69) is 0 Å². The van der Waals surface area contributed by atoms with Gasteiger partial charge in [-0.15, -0.1) is 0 Å². The van der Waals surface area contributed by atoms with Crippen molar-refractivity contribution >= 4 is 17.8 Å². The number of esters is 1. The molecular weight excluding hydrogens is 346 g/mol. The quantitative estimate of drug-likeness (QED) is 0.763. The highest BCUT2D eigenvalue weighted by atomic mass is 16.6. The molecule has 1 aliphatic carbocycles. The van der Waals surface area contributed by atoms with Crippen LogP contribution in [-0.4, -0.2) is 41.5 Å². The molecule has 0 aromatic heterocycles. The molecule has 0 N–H and O–H groups in total. The number of allylic oxidation sites excluding steroid dienone is 1. The number of ether oxygens (including phenoxy) is 2. The monoisotopic (exact) mass is 371 g/mol. The number of amides is 1. The molecule has 27 heavy (non-hydrogen) atoms. The lowest BCUT2D eigenvalue weighted by Crippen LogP contribution is -2.44. The second-order valence-corrected chi connectivity index (χ2v) is 7.97. The third kappa shape index (κ3) is 3.89. The maximum Gasteiger partial charge on any atom is 0.415 e. The molecule has 0 spiro atoms. The summed E-state index contributed by atoms with van der Waals surface area (Å²) in [7, 11) is 1.28. The minimum Gasteiger partial charge on any atom is -0.467 e. The number of carbonyl (C=O) groups is 3. The number of rotatable bonds is 3. The molecule has 1 amide bonds. The third-order valence-corrected chi connectivity index (χ3v) is 4.84. The molecule has 1 aromatic rings. The molecule has 0 radical (unpaired) electrons. The first-order valence-corrected chi connectivity index (χ1v) is 9.11. The number of nitrogens with zero attached hydrogens (tertiary/aromatic N) is 1. The first kappa shape index (κ1) is 19.1. The van der Waals surface area contributed by atoms with Gasteiger partial charge in [-0.25, -0.2) is 9.59 Å². The fourth-order valence-electron chi connectivity index (χ4n) is 3.71. The molecule has 6 nitrogen and oxygen atoms in total. The fourth-order valence-corrected chi connectivity index (χ4v) is 3.71. The zero-order chi connectivity index (χ0) is 19.8. The number of benzene rings is 1. The SMILES string of the molecule is COC(=O)[C@@H]1CC2=C(C[C@@H](Cc3ccccc3)C2=O)N1C(=O)OC(C)(C)C. The van der Waals surface area contributed by atoms with E-state index in [4.69, 9.17) is 9.47 Å². The maximum atomic E-state index is 12.9. The summed E-state index contributed by atoms with van der Waals surface area (Å²) in [5.41, 5.74) is 1.53. The van der Waals surface area contributed by atoms with Crippen LogP contribution in [0.5, 0.6) is 0 Å². The van der Waals surface area contributed by atoms with Gasteiger partial charge < -0.3 is 9.47 Å². The molecule has 1 heterocycles. The molecule has 1 aromatic carbocycles. The van der Waals surface area contributed by atoms with Crippen LogP contribution in [0, 0.1) is 5.92 Å². The Balaban J connectivity index is 1.83. The molecule has 0 saturated carbocycles. The third-order valence-electron chi connectivity index (χ3n) is 4.84. The van der Waals surface area contributed by atoms with Crippen LogP contribution in [0.2, 0.25) is 0 Å². The summed E-state index contributed by atoms with van der Waals surface area (Å²) >= 11 is 0. The van der Waals surface area contributed by atoms with Crippen molar-refractivity contribution in [3.05, 3.63) is 47.2 Å². The summed E-state index contributed by atoms with van der Waals surface area (Å²) < 4.78 is 10.3. The van der Waals surface area contributed by atoms with Crippen molar-refractivity contribution in [2.24, 2.45) is 5.92 Å². The zero-order valence-corrected chi connectivity index (χ0v) is 16.2. The van der Waals surface area contributed by atoms with Crippen LogP contribution >= 0.6 is 0 Å². The van der Waals surface area contributed by atoms with Crippen molar-refractivity contribution in [1.82, 2.24) is 4.90 Å². The Hall–Kier alpha value is -2.63. The minimum atomic E-state index is -0.837. The average molecular weight is 371 g/mol. The number of Topliss-reactive ketones (excluding diaryl/α,β-unsaturated/α-hetero) is 1. The van der Waals surface area contributed by atoms with Crippen molar-refractivity contribution in [2.45, 2.75) is 51.7 Å². The molecule has 0 fully saturated rings. The van der Waals surface area contributed by atoms with Gasteiger partial charge in [0, 0.05) is 23.6 Å². The van der Waals surface area contributed by atoms with E-state index >= 15 is 0 Å². The largest absolute Gasteiger partial charge is 0.467 e. The van der Waals surface area contributed by atoms with Gasteiger partial charge in [0.1, 0.15) is 11.6 Å². The van der Waals surface area contributed by atoms with Crippen LogP contribution in [-0.2, 0) is 25.5 Å². The Bertz CT molecular complexity index is 791. The molecule has 0 unspecified atom stereocenters. The van der Waals surface area contributed by atoms with Gasteiger partial charge in [-0.3, -0.25) is 9.69 Å². The van der Waals surface area contributed by atoms with Gasteiger partial charge in [-0.1, -0.05) is 30.3 Å². The average Bonchev–Trinajstić information content (AvgIpc) is 3.11. The lowest BCUT2D eigenvalue weighted by Gasteiger charge is -2.30. The predicted molar refractivity (Wildman–Crippen MR) is 98.8 cm³/mol. The van der Waals surface area contributed by atoms with E-state index in [1.807, 2.05) is 30.3 Å². The van der Waals surface area contributed by atoms with Crippen LogP contribution in [0.15, 0.2) is 41.6 Å².